The summed E-state index contributed by atoms with van der Waals surface area (Å²) in [5.41, 5.74) is 7.65. The van der Waals surface area contributed by atoms with Gasteiger partial charge in [0.05, 0.1) is 6.61 Å². The summed E-state index contributed by atoms with van der Waals surface area (Å²) < 4.78 is 6.17. The van der Waals surface area contributed by atoms with Gasteiger partial charge >= 0.3 is 0 Å². The molecule has 0 radical (unpaired) electrons. The van der Waals surface area contributed by atoms with Gasteiger partial charge in [0.15, 0.2) is 0 Å². The van der Waals surface area contributed by atoms with E-state index in [1.165, 1.54) is 29.7 Å². The van der Waals surface area contributed by atoms with Crippen molar-refractivity contribution in [1.82, 2.24) is 15.1 Å². The molecule has 5 aliphatic heterocycles. The van der Waals surface area contributed by atoms with Crippen LogP contribution in [0.4, 0.5) is 11.4 Å². The van der Waals surface area contributed by atoms with Gasteiger partial charge in [0.1, 0.15) is 17.5 Å². The van der Waals surface area contributed by atoms with Gasteiger partial charge in [-0.15, -0.1) is 0 Å². The number of ether oxygens (including phenoxy) is 1. The van der Waals surface area contributed by atoms with Crippen LogP contribution in [0, 0.1) is 5.92 Å². The summed E-state index contributed by atoms with van der Waals surface area (Å²) in [5.74, 6) is 1.22. The van der Waals surface area contributed by atoms with Gasteiger partial charge < -0.3 is 24.5 Å². The van der Waals surface area contributed by atoms with Crippen LogP contribution in [0.1, 0.15) is 70.1 Å². The quantitative estimate of drug-likeness (QED) is 0.241. The van der Waals surface area contributed by atoms with E-state index in [4.69, 9.17) is 4.74 Å². The molecule has 10 nitrogen and oxygen atoms in total. The first-order valence-corrected chi connectivity index (χ1v) is 19.5. The number of anilines is 2. The summed E-state index contributed by atoms with van der Waals surface area (Å²) in [6, 6.07) is 30.7. The molecule has 10 heteroatoms. The van der Waals surface area contributed by atoms with E-state index in [-0.39, 0.29) is 41.7 Å². The van der Waals surface area contributed by atoms with Crippen LogP contribution in [0.2, 0.25) is 0 Å². The smallest absolute Gasteiger partial charge is 0.255 e. The molecule has 54 heavy (non-hydrogen) atoms. The Labute approximate surface area is 316 Å². The fourth-order valence-electron chi connectivity index (χ4n) is 9.38. The fraction of sp³-hybridized carbons (Fsp3) is 0.386. The summed E-state index contributed by atoms with van der Waals surface area (Å²) in [7, 11) is 0. The monoisotopic (exact) mass is 725 g/mol. The Morgan fingerprint density at radius 3 is 2.24 bits per heavy atom. The van der Waals surface area contributed by atoms with E-state index in [2.05, 4.69) is 80.7 Å². The molecule has 5 heterocycles. The van der Waals surface area contributed by atoms with Crippen molar-refractivity contribution in [1.29, 1.82) is 0 Å². The van der Waals surface area contributed by atoms with Crippen molar-refractivity contribution < 1.29 is 24.2 Å². The normalized spacial score (nSPS) is 23.5. The van der Waals surface area contributed by atoms with Crippen LogP contribution in [0.25, 0.3) is 0 Å². The molecule has 5 aliphatic rings. The lowest BCUT2D eigenvalue weighted by molar-refractivity contribution is -0.136. The lowest BCUT2D eigenvalue weighted by Crippen LogP contribution is -2.52. The first kappa shape index (κ1) is 34.4. The minimum absolute atomic E-state index is 0.125. The maximum absolute atomic E-state index is 13.1. The molecule has 9 rings (SSSR count). The highest BCUT2D eigenvalue weighted by molar-refractivity contribution is 6.05. The van der Waals surface area contributed by atoms with Gasteiger partial charge in [0.25, 0.3) is 5.91 Å². The third kappa shape index (κ3) is 6.68. The zero-order chi connectivity index (χ0) is 36.8. The molecule has 0 aromatic heterocycles. The maximum Gasteiger partial charge on any atom is 0.255 e. The number of rotatable bonds is 7. The molecule has 3 fully saturated rings. The summed E-state index contributed by atoms with van der Waals surface area (Å²) in [6.07, 6.45) is 2.99. The summed E-state index contributed by atoms with van der Waals surface area (Å²) >= 11 is 0. The Morgan fingerprint density at radius 1 is 0.741 bits per heavy atom. The Morgan fingerprint density at radius 2 is 1.48 bits per heavy atom. The number of hydrogen-bond donors (Lipinski definition) is 2. The Balaban J connectivity index is 0.780. The van der Waals surface area contributed by atoms with Crippen LogP contribution >= 0.6 is 0 Å². The van der Waals surface area contributed by atoms with E-state index in [0.717, 1.165) is 68.4 Å². The zero-order valence-corrected chi connectivity index (χ0v) is 30.5. The highest BCUT2D eigenvalue weighted by atomic mass is 16.5. The van der Waals surface area contributed by atoms with Crippen molar-refractivity contribution in [3.8, 4) is 11.5 Å². The van der Waals surface area contributed by atoms with Crippen LogP contribution in [-0.4, -0.2) is 91.1 Å². The van der Waals surface area contributed by atoms with Crippen molar-refractivity contribution in [3.63, 3.8) is 0 Å². The number of piperazine rings is 1. The summed E-state index contributed by atoms with van der Waals surface area (Å²) in [4.78, 5) is 46.4. The number of nitrogens with one attached hydrogen (secondary N) is 1. The number of phenols is 1. The molecule has 0 aliphatic carbocycles. The second-order valence-corrected chi connectivity index (χ2v) is 15.6. The molecule has 278 valence electrons. The zero-order valence-electron chi connectivity index (χ0n) is 30.5. The number of carbonyl (C=O) groups is 3. The third-order valence-electron chi connectivity index (χ3n) is 12.4. The average molecular weight is 726 g/mol. The predicted molar refractivity (Wildman–Crippen MR) is 207 cm³/mol. The third-order valence-corrected chi connectivity index (χ3v) is 12.4. The molecule has 0 bridgehead atoms. The van der Waals surface area contributed by atoms with Gasteiger partial charge in [-0.05, 0) is 78.3 Å². The molecule has 4 aromatic carbocycles. The number of imide groups is 1. The van der Waals surface area contributed by atoms with Gasteiger partial charge in [-0.1, -0.05) is 48.5 Å². The highest BCUT2D eigenvalue weighted by Crippen LogP contribution is 2.47. The molecular formula is C44H47N5O5. The van der Waals surface area contributed by atoms with E-state index in [9.17, 15) is 19.5 Å². The number of fused-ring (bicyclic) bond motifs is 2. The van der Waals surface area contributed by atoms with Crippen LogP contribution in [0.5, 0.6) is 11.5 Å². The van der Waals surface area contributed by atoms with Gasteiger partial charge in [0.2, 0.25) is 11.8 Å². The number of piperidine rings is 2. The van der Waals surface area contributed by atoms with Gasteiger partial charge in [-0.3, -0.25) is 24.6 Å². The maximum atomic E-state index is 13.1. The van der Waals surface area contributed by atoms with E-state index < -0.39 is 6.04 Å². The predicted octanol–water partition coefficient (Wildman–Crippen LogP) is 5.50. The van der Waals surface area contributed by atoms with Gasteiger partial charge in [-0.2, -0.15) is 0 Å². The number of nitrogens with zero attached hydrogens (tertiary/aromatic N) is 4. The number of phenolic OH excluding ortho intramolecular Hbond substituents is 1. The standard InChI is InChI=1S/C44H47N5O5/c50-35-11-13-37-40(25-35)54-28-38(30-4-2-1-3-5-30)42(37)31-6-8-33(9-7-31)47-18-16-29(17-19-47)26-46-20-22-48(23-21-46)34-10-12-36-32(24-34)27-49(44(36)53)39-14-15-41(51)45-43(39)52/h1-13,24-25,29,38-39,42,50H,14-23,26-28H2,(H,45,51,52)/t38?,39-,42+/m0/s1. The SMILES string of the molecule is O=C1CC[C@H](N2Cc3cc(N4CCN(CC5CCN(c6ccc([C@@H]7c8ccc(O)cc8OCC7c7ccccc7)cc6)CC5)CC4)ccc3C2=O)C(=O)N1. The Bertz CT molecular complexity index is 2040. The number of carbonyl (C=O) groups excluding carboxylic acids is 3. The summed E-state index contributed by atoms with van der Waals surface area (Å²) in [5, 5.41) is 12.5. The number of benzene rings is 4. The molecule has 3 atom stereocenters. The van der Waals surface area contributed by atoms with Crippen LogP contribution in [0.3, 0.4) is 0 Å². The molecule has 2 N–H and O–H groups in total. The Hall–Kier alpha value is -5.35. The lowest BCUT2D eigenvalue weighted by atomic mass is 9.76. The van der Waals surface area contributed by atoms with Crippen LogP contribution in [-0.2, 0) is 16.1 Å². The van der Waals surface area contributed by atoms with Crippen molar-refractivity contribution in [2.24, 2.45) is 5.92 Å². The van der Waals surface area contributed by atoms with E-state index in [1.54, 1.807) is 17.0 Å². The van der Waals surface area contributed by atoms with Crippen LogP contribution in [0.15, 0.2) is 91.0 Å². The van der Waals surface area contributed by atoms with Crippen molar-refractivity contribution in [3.05, 3.63) is 119 Å². The van der Waals surface area contributed by atoms with Gasteiger partial charge in [-0.25, -0.2) is 0 Å². The summed E-state index contributed by atoms with van der Waals surface area (Å²) in [6.45, 7) is 8.12. The molecule has 3 amide bonds. The number of hydrogen-bond acceptors (Lipinski definition) is 8. The van der Waals surface area contributed by atoms with E-state index in [0.29, 0.717) is 31.1 Å². The Kier molecular flexibility index (Phi) is 9.22. The minimum Gasteiger partial charge on any atom is -0.508 e. The van der Waals surface area contributed by atoms with Crippen molar-refractivity contribution in [2.45, 2.75) is 50.1 Å². The molecule has 0 spiro atoms. The molecular weight excluding hydrogens is 679 g/mol. The lowest BCUT2D eigenvalue weighted by Gasteiger charge is -2.40. The first-order chi connectivity index (χ1) is 26.4. The molecule has 1 unspecified atom stereocenters. The van der Waals surface area contributed by atoms with Crippen molar-refractivity contribution in [2.75, 3.05) is 62.2 Å². The number of amides is 3. The molecule has 3 saturated heterocycles. The van der Waals surface area contributed by atoms with E-state index >= 15 is 0 Å². The van der Waals surface area contributed by atoms with Gasteiger partial charge in [0, 0.05) is 99.2 Å². The average Bonchev–Trinajstić information content (AvgIpc) is 3.53. The highest BCUT2D eigenvalue weighted by Gasteiger charge is 2.39. The van der Waals surface area contributed by atoms with E-state index in [1.807, 2.05) is 18.2 Å². The van der Waals surface area contributed by atoms with Crippen LogP contribution < -0.4 is 19.9 Å². The van der Waals surface area contributed by atoms with Crippen molar-refractivity contribution >= 4 is 29.1 Å². The molecule has 4 aromatic rings. The minimum atomic E-state index is -0.589. The molecule has 0 saturated carbocycles. The first-order valence-electron chi connectivity index (χ1n) is 19.5. The second kappa shape index (κ2) is 14.5. The second-order valence-electron chi connectivity index (χ2n) is 15.6. The fourth-order valence-corrected chi connectivity index (χ4v) is 9.38. The largest absolute Gasteiger partial charge is 0.508 e. The number of aromatic hydroxyl groups is 1. The topological polar surface area (TPSA) is 106 Å².